The van der Waals surface area contributed by atoms with Crippen LogP contribution < -0.4 is 10.6 Å². The first-order valence-electron chi connectivity index (χ1n) is 7.56. The van der Waals surface area contributed by atoms with Crippen LogP contribution in [0.4, 0.5) is 10.5 Å². The van der Waals surface area contributed by atoms with Gasteiger partial charge < -0.3 is 15.4 Å². The second-order valence-corrected chi connectivity index (χ2v) is 5.89. The molecule has 0 bridgehead atoms. The van der Waals surface area contributed by atoms with Gasteiger partial charge in [0.25, 0.3) is 0 Å². The molecule has 6 heteroatoms. The smallest absolute Gasteiger partial charge is 0.319 e. The molecule has 1 aliphatic carbocycles. The van der Waals surface area contributed by atoms with Crippen molar-refractivity contribution in [2.24, 2.45) is 0 Å². The zero-order valence-corrected chi connectivity index (χ0v) is 12.2. The van der Waals surface area contributed by atoms with E-state index in [4.69, 9.17) is 4.74 Å². The van der Waals surface area contributed by atoms with Crippen LogP contribution in [0.1, 0.15) is 28.8 Å². The average Bonchev–Trinajstić information content (AvgIpc) is 3.14. The number of hydrogen-bond acceptors (Lipinski definition) is 3. The lowest BCUT2D eigenvalue weighted by molar-refractivity contribution is 0.134. The van der Waals surface area contributed by atoms with Crippen LogP contribution in [0.5, 0.6) is 0 Å². The van der Waals surface area contributed by atoms with Crippen molar-refractivity contribution in [2.75, 3.05) is 5.32 Å². The summed E-state index contributed by atoms with van der Waals surface area (Å²) in [5, 5.41) is 13.0. The van der Waals surface area contributed by atoms with Crippen LogP contribution in [0.25, 0.3) is 0 Å². The Hall–Kier alpha value is -2.34. The van der Waals surface area contributed by atoms with E-state index < -0.39 is 0 Å². The summed E-state index contributed by atoms with van der Waals surface area (Å²) in [4.78, 5) is 12.2. The Bertz CT molecular complexity index is 710. The number of urea groups is 1. The third-order valence-corrected chi connectivity index (χ3v) is 4.33. The molecule has 0 saturated heterocycles. The van der Waals surface area contributed by atoms with Crippen molar-refractivity contribution in [3.05, 3.63) is 46.8 Å². The zero-order valence-electron chi connectivity index (χ0n) is 12.2. The second kappa shape index (κ2) is 5.46. The van der Waals surface area contributed by atoms with Crippen molar-refractivity contribution in [1.29, 1.82) is 0 Å². The van der Waals surface area contributed by atoms with E-state index in [9.17, 15) is 4.79 Å². The minimum absolute atomic E-state index is 0.144. The van der Waals surface area contributed by atoms with E-state index >= 15 is 0 Å². The number of H-pyrrole nitrogens is 1. The van der Waals surface area contributed by atoms with Crippen molar-refractivity contribution in [2.45, 2.75) is 38.5 Å². The number of aromatic amines is 1. The van der Waals surface area contributed by atoms with Crippen molar-refractivity contribution in [3.63, 3.8) is 0 Å². The molecule has 0 unspecified atom stereocenters. The molecule has 0 radical (unpaired) electrons. The fourth-order valence-electron chi connectivity index (χ4n) is 3.13. The summed E-state index contributed by atoms with van der Waals surface area (Å²) in [5.74, 6) is 0. The van der Waals surface area contributed by atoms with Crippen molar-refractivity contribution < 1.29 is 9.53 Å². The Morgan fingerprint density at radius 2 is 2.18 bits per heavy atom. The number of benzene rings is 1. The van der Waals surface area contributed by atoms with Gasteiger partial charge in [-0.3, -0.25) is 5.10 Å². The summed E-state index contributed by atoms with van der Waals surface area (Å²) < 4.78 is 5.38. The maximum Gasteiger partial charge on any atom is 0.319 e. The minimum Gasteiger partial charge on any atom is -0.372 e. The first-order chi connectivity index (χ1) is 10.8. The van der Waals surface area contributed by atoms with Crippen LogP contribution in [0.3, 0.4) is 0 Å². The molecule has 2 aliphatic rings. The number of hydrogen-bond donors (Lipinski definition) is 3. The largest absolute Gasteiger partial charge is 0.372 e. The van der Waals surface area contributed by atoms with Gasteiger partial charge in [-0.1, -0.05) is 6.07 Å². The van der Waals surface area contributed by atoms with Gasteiger partial charge in [0.1, 0.15) is 0 Å². The molecule has 114 valence electrons. The molecule has 6 nitrogen and oxygen atoms in total. The van der Waals surface area contributed by atoms with Crippen LogP contribution in [-0.4, -0.2) is 22.3 Å². The van der Waals surface area contributed by atoms with Crippen molar-refractivity contribution >= 4 is 11.7 Å². The Balaban J connectivity index is 1.37. The van der Waals surface area contributed by atoms with Crippen molar-refractivity contribution in [1.82, 2.24) is 15.5 Å². The molecule has 2 amide bonds. The van der Waals surface area contributed by atoms with E-state index in [0.717, 1.165) is 36.2 Å². The number of aromatic nitrogens is 2. The van der Waals surface area contributed by atoms with E-state index in [1.807, 2.05) is 24.4 Å². The lowest BCUT2D eigenvalue weighted by Gasteiger charge is -2.23. The van der Waals surface area contributed by atoms with E-state index in [1.54, 1.807) is 0 Å². The summed E-state index contributed by atoms with van der Waals surface area (Å²) in [6.07, 6.45) is 4.57. The molecule has 2 heterocycles. The third kappa shape index (κ3) is 2.57. The van der Waals surface area contributed by atoms with Crippen LogP contribution in [-0.2, 0) is 30.8 Å². The lowest BCUT2D eigenvalue weighted by atomic mass is 9.94. The first kappa shape index (κ1) is 13.3. The molecule has 0 saturated carbocycles. The number of aryl methyl sites for hydroxylation is 1. The molecule has 22 heavy (non-hydrogen) atoms. The molecule has 1 aliphatic heterocycles. The Kier molecular flexibility index (Phi) is 3.31. The molecule has 0 fully saturated rings. The molecule has 4 rings (SSSR count). The fraction of sp³-hybridized carbons (Fsp3) is 0.375. The number of anilines is 1. The highest BCUT2D eigenvalue weighted by molar-refractivity contribution is 5.89. The van der Waals surface area contributed by atoms with Gasteiger partial charge in [0.2, 0.25) is 0 Å². The van der Waals surface area contributed by atoms with Gasteiger partial charge >= 0.3 is 6.03 Å². The summed E-state index contributed by atoms with van der Waals surface area (Å²) in [5.41, 5.74) is 5.55. The molecule has 1 aromatic heterocycles. The van der Waals surface area contributed by atoms with Gasteiger partial charge in [-0.05, 0) is 41.7 Å². The number of carbonyl (C=O) groups is 1. The fourth-order valence-corrected chi connectivity index (χ4v) is 3.13. The van der Waals surface area contributed by atoms with Crippen LogP contribution in [0.15, 0.2) is 24.4 Å². The maximum absolute atomic E-state index is 12.2. The summed E-state index contributed by atoms with van der Waals surface area (Å²) in [6.45, 7) is 1.29. The Labute approximate surface area is 128 Å². The Morgan fingerprint density at radius 1 is 1.27 bits per heavy atom. The van der Waals surface area contributed by atoms with Crippen molar-refractivity contribution in [3.8, 4) is 0 Å². The molecule has 1 atom stereocenters. The molecule has 0 spiro atoms. The molecule has 1 aromatic carbocycles. The predicted octanol–water partition coefficient (Wildman–Crippen LogP) is 2.12. The van der Waals surface area contributed by atoms with E-state index in [2.05, 4.69) is 20.8 Å². The van der Waals surface area contributed by atoms with Gasteiger partial charge in [0, 0.05) is 23.8 Å². The Morgan fingerprint density at radius 3 is 3.14 bits per heavy atom. The van der Waals surface area contributed by atoms with Gasteiger partial charge in [-0.2, -0.15) is 5.10 Å². The van der Waals surface area contributed by atoms with E-state index in [-0.39, 0.29) is 12.1 Å². The summed E-state index contributed by atoms with van der Waals surface area (Å²) >= 11 is 0. The normalized spacial score (nSPS) is 19.4. The quantitative estimate of drug-likeness (QED) is 0.794. The van der Waals surface area contributed by atoms with E-state index in [1.165, 1.54) is 11.1 Å². The van der Waals surface area contributed by atoms with Gasteiger partial charge in [-0.15, -0.1) is 0 Å². The van der Waals surface area contributed by atoms with Gasteiger partial charge in [0.05, 0.1) is 19.4 Å². The first-order valence-corrected chi connectivity index (χ1v) is 7.56. The number of nitrogens with one attached hydrogen (secondary N) is 3. The van der Waals surface area contributed by atoms with Crippen LogP contribution >= 0.6 is 0 Å². The summed E-state index contributed by atoms with van der Waals surface area (Å²) in [7, 11) is 0. The highest BCUT2D eigenvalue weighted by Gasteiger charge is 2.21. The minimum atomic E-state index is -0.160. The van der Waals surface area contributed by atoms with Crippen LogP contribution in [0, 0.1) is 0 Å². The maximum atomic E-state index is 12.2. The summed E-state index contributed by atoms with van der Waals surface area (Å²) in [6, 6.07) is 5.89. The molecule has 3 N–H and O–H groups in total. The van der Waals surface area contributed by atoms with E-state index in [0.29, 0.717) is 13.2 Å². The topological polar surface area (TPSA) is 79.0 Å². The number of nitrogens with zero attached hydrogens (tertiary/aromatic N) is 1. The number of rotatable bonds is 2. The van der Waals surface area contributed by atoms with Gasteiger partial charge in [0.15, 0.2) is 0 Å². The number of carbonyl (C=O) groups excluding carboxylic acids is 1. The highest BCUT2D eigenvalue weighted by Crippen LogP contribution is 2.23. The number of ether oxygens (including phenoxy) is 1. The second-order valence-electron chi connectivity index (χ2n) is 5.89. The monoisotopic (exact) mass is 298 g/mol. The highest BCUT2D eigenvalue weighted by atomic mass is 16.5. The third-order valence-electron chi connectivity index (χ3n) is 4.33. The number of fused-ring (bicyclic) bond motifs is 2. The SMILES string of the molecule is O=C(Nc1ccc2c(c1)COC2)N[C@@H]1CCc2cn[nH]c2C1. The van der Waals surface area contributed by atoms with Gasteiger partial charge in [-0.25, -0.2) is 4.79 Å². The zero-order chi connectivity index (χ0) is 14.9. The lowest BCUT2D eigenvalue weighted by Crippen LogP contribution is -2.41. The standard InChI is InChI=1S/C16H18N4O2/c21-16(18-13-4-2-11-8-22-9-12(11)5-13)19-14-3-1-10-7-17-20-15(10)6-14/h2,4-5,7,14H,1,3,6,8-9H2,(H,17,20)(H2,18,19,21)/t14-/m1/s1. The molecular formula is C16H18N4O2. The molecular weight excluding hydrogens is 280 g/mol. The number of amides is 2. The van der Waals surface area contributed by atoms with Crippen LogP contribution in [0.2, 0.25) is 0 Å². The average molecular weight is 298 g/mol. The predicted molar refractivity (Wildman–Crippen MR) is 81.5 cm³/mol. The molecule has 2 aromatic rings.